The monoisotopic (exact) mass is 217 g/mol. The molecule has 0 aromatic carbocycles. The van der Waals surface area contributed by atoms with Gasteiger partial charge in [-0.15, -0.1) is 0 Å². The molecule has 1 saturated heterocycles. The van der Waals surface area contributed by atoms with Gasteiger partial charge in [-0.3, -0.25) is 4.79 Å². The van der Waals surface area contributed by atoms with Gasteiger partial charge >= 0.3 is 0 Å². The summed E-state index contributed by atoms with van der Waals surface area (Å²) in [4.78, 5) is 13.3. The molecule has 15 heavy (non-hydrogen) atoms. The van der Waals surface area contributed by atoms with Gasteiger partial charge in [0, 0.05) is 19.5 Å². The third kappa shape index (κ3) is 4.15. The van der Waals surface area contributed by atoms with E-state index in [1.807, 2.05) is 0 Å². The van der Waals surface area contributed by atoms with Crippen LogP contribution in [0, 0.1) is 0 Å². The fourth-order valence-corrected chi connectivity index (χ4v) is 1.55. The second-order valence-corrected chi connectivity index (χ2v) is 3.90. The number of carbonyl (C=O) groups excluding carboxylic acids is 1. The number of aliphatic hydroxyl groups excluding tert-OH is 2. The molecule has 1 aliphatic heterocycles. The van der Waals surface area contributed by atoms with Gasteiger partial charge in [0.05, 0.1) is 25.4 Å². The normalized spacial score (nSPS) is 23.9. The van der Waals surface area contributed by atoms with Gasteiger partial charge in [-0.2, -0.15) is 0 Å². The lowest BCUT2D eigenvalue weighted by Gasteiger charge is -2.32. The zero-order chi connectivity index (χ0) is 11.3. The van der Waals surface area contributed by atoms with Gasteiger partial charge in [0.15, 0.2) is 0 Å². The summed E-state index contributed by atoms with van der Waals surface area (Å²) < 4.78 is 5.24. The molecule has 0 saturated carbocycles. The Balaban J connectivity index is 2.32. The molecule has 0 bridgehead atoms. The Morgan fingerprint density at radius 1 is 1.67 bits per heavy atom. The molecule has 0 aliphatic carbocycles. The molecule has 1 heterocycles. The number of nitrogens with zero attached hydrogens (tertiary/aromatic N) is 1. The van der Waals surface area contributed by atoms with Crippen molar-refractivity contribution < 1.29 is 19.7 Å². The Hall–Kier alpha value is -0.650. The molecule has 5 nitrogen and oxygen atoms in total. The second kappa shape index (κ2) is 6.05. The number of hydrogen-bond donors (Lipinski definition) is 2. The van der Waals surface area contributed by atoms with E-state index in [2.05, 4.69) is 0 Å². The Morgan fingerprint density at radius 3 is 3.00 bits per heavy atom. The van der Waals surface area contributed by atoms with Crippen LogP contribution >= 0.6 is 0 Å². The molecule has 1 fully saturated rings. The van der Waals surface area contributed by atoms with Crippen LogP contribution in [0.25, 0.3) is 0 Å². The smallest absolute Gasteiger partial charge is 0.222 e. The van der Waals surface area contributed by atoms with Crippen molar-refractivity contribution in [1.29, 1.82) is 0 Å². The van der Waals surface area contributed by atoms with Crippen LogP contribution in [0.15, 0.2) is 0 Å². The van der Waals surface area contributed by atoms with Gasteiger partial charge in [-0.05, 0) is 13.3 Å². The minimum Gasteiger partial charge on any atom is -0.394 e. The standard InChI is InChI=1S/C10H19NO4/c1-8(13)2-3-10(14)11-4-5-15-9(6-11)7-12/h8-9,12-13H,2-7H2,1H3. The van der Waals surface area contributed by atoms with Gasteiger partial charge in [0.1, 0.15) is 0 Å². The van der Waals surface area contributed by atoms with Crippen molar-refractivity contribution in [2.45, 2.75) is 32.0 Å². The van der Waals surface area contributed by atoms with E-state index in [-0.39, 0.29) is 18.6 Å². The molecule has 0 radical (unpaired) electrons. The Bertz CT molecular complexity index is 208. The summed E-state index contributed by atoms with van der Waals surface area (Å²) in [5.41, 5.74) is 0. The highest BCUT2D eigenvalue weighted by Gasteiger charge is 2.23. The molecular formula is C10H19NO4. The molecule has 2 unspecified atom stereocenters. The number of aliphatic hydroxyl groups is 2. The number of ether oxygens (including phenoxy) is 1. The van der Waals surface area contributed by atoms with Crippen LogP contribution in [0.1, 0.15) is 19.8 Å². The zero-order valence-corrected chi connectivity index (χ0v) is 9.06. The SMILES string of the molecule is CC(O)CCC(=O)N1CCOC(CO)C1. The fraction of sp³-hybridized carbons (Fsp3) is 0.900. The second-order valence-electron chi connectivity index (χ2n) is 3.90. The molecule has 1 amide bonds. The van der Waals surface area contributed by atoms with Crippen LogP contribution in [0.2, 0.25) is 0 Å². The van der Waals surface area contributed by atoms with Gasteiger partial charge < -0.3 is 19.8 Å². The van der Waals surface area contributed by atoms with E-state index < -0.39 is 6.10 Å². The first kappa shape index (κ1) is 12.4. The number of morpholine rings is 1. The zero-order valence-electron chi connectivity index (χ0n) is 9.06. The summed E-state index contributed by atoms with van der Waals surface area (Å²) in [5, 5.41) is 18.0. The molecular weight excluding hydrogens is 198 g/mol. The van der Waals surface area contributed by atoms with Crippen LogP contribution in [-0.4, -0.2) is 59.5 Å². The van der Waals surface area contributed by atoms with Crippen LogP contribution in [0.5, 0.6) is 0 Å². The maximum Gasteiger partial charge on any atom is 0.222 e. The van der Waals surface area contributed by atoms with Crippen LogP contribution in [0.3, 0.4) is 0 Å². The minimum absolute atomic E-state index is 0.0256. The third-order valence-corrected chi connectivity index (χ3v) is 2.47. The summed E-state index contributed by atoms with van der Waals surface area (Å²) in [7, 11) is 0. The summed E-state index contributed by atoms with van der Waals surface area (Å²) >= 11 is 0. The highest BCUT2D eigenvalue weighted by Crippen LogP contribution is 2.08. The molecule has 0 aromatic rings. The van der Waals surface area contributed by atoms with Gasteiger partial charge in [0.25, 0.3) is 0 Å². The number of carbonyl (C=O) groups is 1. The molecule has 0 aromatic heterocycles. The third-order valence-electron chi connectivity index (χ3n) is 2.47. The molecule has 1 rings (SSSR count). The van der Waals surface area contributed by atoms with Crippen molar-refractivity contribution in [3.05, 3.63) is 0 Å². The van der Waals surface area contributed by atoms with E-state index in [1.54, 1.807) is 11.8 Å². The van der Waals surface area contributed by atoms with E-state index in [1.165, 1.54) is 0 Å². The lowest BCUT2D eigenvalue weighted by Crippen LogP contribution is -2.46. The maximum atomic E-state index is 11.6. The largest absolute Gasteiger partial charge is 0.394 e. The van der Waals surface area contributed by atoms with Gasteiger partial charge in [-0.1, -0.05) is 0 Å². The molecule has 88 valence electrons. The quantitative estimate of drug-likeness (QED) is 0.657. The van der Waals surface area contributed by atoms with Crippen molar-refractivity contribution in [3.8, 4) is 0 Å². The van der Waals surface area contributed by atoms with E-state index in [0.717, 1.165) is 0 Å². The van der Waals surface area contributed by atoms with Crippen LogP contribution < -0.4 is 0 Å². The van der Waals surface area contributed by atoms with Crippen molar-refractivity contribution in [1.82, 2.24) is 4.90 Å². The summed E-state index contributed by atoms with van der Waals surface area (Å²) in [6, 6.07) is 0. The highest BCUT2D eigenvalue weighted by atomic mass is 16.5. The first-order valence-corrected chi connectivity index (χ1v) is 5.31. The lowest BCUT2D eigenvalue weighted by molar-refractivity contribution is -0.140. The fourth-order valence-electron chi connectivity index (χ4n) is 1.55. The topological polar surface area (TPSA) is 70.0 Å². The molecule has 2 atom stereocenters. The van der Waals surface area contributed by atoms with E-state index in [0.29, 0.717) is 32.5 Å². The lowest BCUT2D eigenvalue weighted by atomic mass is 10.2. The Kier molecular flexibility index (Phi) is 5.01. The predicted molar refractivity (Wildman–Crippen MR) is 54.3 cm³/mol. The van der Waals surface area contributed by atoms with E-state index >= 15 is 0 Å². The molecule has 5 heteroatoms. The van der Waals surface area contributed by atoms with Gasteiger partial charge in [0.2, 0.25) is 5.91 Å². The van der Waals surface area contributed by atoms with Crippen LogP contribution in [-0.2, 0) is 9.53 Å². The summed E-state index contributed by atoms with van der Waals surface area (Å²) in [6.07, 6.45) is 0.147. The van der Waals surface area contributed by atoms with Crippen molar-refractivity contribution >= 4 is 5.91 Å². The predicted octanol–water partition coefficient (Wildman–Crippen LogP) is -0.633. The van der Waals surface area contributed by atoms with Crippen molar-refractivity contribution in [2.24, 2.45) is 0 Å². The van der Waals surface area contributed by atoms with E-state index in [9.17, 15) is 4.79 Å². The molecule has 1 aliphatic rings. The van der Waals surface area contributed by atoms with Crippen molar-refractivity contribution in [2.75, 3.05) is 26.3 Å². The Labute approximate surface area is 89.6 Å². The average Bonchev–Trinajstić information content (AvgIpc) is 2.26. The number of amides is 1. The Morgan fingerprint density at radius 2 is 2.40 bits per heavy atom. The average molecular weight is 217 g/mol. The first-order chi connectivity index (χ1) is 7.13. The molecule has 2 N–H and O–H groups in total. The van der Waals surface area contributed by atoms with E-state index in [4.69, 9.17) is 14.9 Å². The first-order valence-electron chi connectivity index (χ1n) is 5.31. The highest BCUT2D eigenvalue weighted by molar-refractivity contribution is 5.76. The van der Waals surface area contributed by atoms with Gasteiger partial charge in [-0.25, -0.2) is 0 Å². The van der Waals surface area contributed by atoms with Crippen molar-refractivity contribution in [3.63, 3.8) is 0 Å². The number of rotatable bonds is 4. The number of hydrogen-bond acceptors (Lipinski definition) is 4. The molecule has 0 spiro atoms. The maximum absolute atomic E-state index is 11.6. The minimum atomic E-state index is -0.441. The summed E-state index contributed by atoms with van der Waals surface area (Å²) in [5.74, 6) is 0.0256. The summed E-state index contributed by atoms with van der Waals surface area (Å²) in [6.45, 7) is 3.12. The van der Waals surface area contributed by atoms with Crippen LogP contribution in [0.4, 0.5) is 0 Å².